The lowest BCUT2D eigenvalue weighted by atomic mass is 9.82. The third kappa shape index (κ3) is 3.64. The number of fused-ring (bicyclic) bond motifs is 3. The zero-order valence-corrected chi connectivity index (χ0v) is 16.5. The van der Waals surface area contributed by atoms with Gasteiger partial charge in [-0.2, -0.15) is 0 Å². The number of sulfonamides is 1. The molecule has 1 aliphatic carbocycles. The van der Waals surface area contributed by atoms with Crippen LogP contribution in [-0.4, -0.2) is 28.0 Å². The number of esters is 1. The van der Waals surface area contributed by atoms with Gasteiger partial charge in [-0.3, -0.25) is 4.79 Å². The molecule has 7 heteroatoms. The van der Waals surface area contributed by atoms with Crippen LogP contribution in [-0.2, 0) is 19.6 Å². The SMILES string of the molecule is COC(=O)C1CCC(CNS(=O)(=O)c2ccc3oc4ccccc4c3c2)CC1. The summed E-state index contributed by atoms with van der Waals surface area (Å²) >= 11 is 0. The largest absolute Gasteiger partial charge is 0.469 e. The first kappa shape index (κ1) is 19.0. The Morgan fingerprint density at radius 1 is 1.07 bits per heavy atom. The van der Waals surface area contributed by atoms with Gasteiger partial charge in [0.05, 0.1) is 17.9 Å². The van der Waals surface area contributed by atoms with Crippen molar-refractivity contribution < 1.29 is 22.4 Å². The molecular weight excluding hydrogens is 378 g/mol. The number of hydrogen-bond donors (Lipinski definition) is 1. The molecule has 1 aromatic heterocycles. The van der Waals surface area contributed by atoms with Gasteiger partial charge in [0.2, 0.25) is 10.0 Å². The molecule has 4 rings (SSSR count). The van der Waals surface area contributed by atoms with Crippen LogP contribution < -0.4 is 4.72 Å². The molecule has 0 amide bonds. The first-order chi connectivity index (χ1) is 13.5. The minimum atomic E-state index is -3.62. The Morgan fingerprint density at radius 3 is 2.54 bits per heavy atom. The molecule has 1 saturated carbocycles. The van der Waals surface area contributed by atoms with Crippen molar-refractivity contribution in [1.82, 2.24) is 4.72 Å². The van der Waals surface area contributed by atoms with Gasteiger partial charge >= 0.3 is 5.97 Å². The fourth-order valence-corrected chi connectivity index (χ4v) is 5.09. The van der Waals surface area contributed by atoms with Crippen LogP contribution in [0.3, 0.4) is 0 Å². The van der Waals surface area contributed by atoms with Crippen molar-refractivity contribution in [3.8, 4) is 0 Å². The molecule has 148 valence electrons. The molecule has 3 aromatic rings. The molecule has 1 fully saturated rings. The quantitative estimate of drug-likeness (QED) is 0.657. The van der Waals surface area contributed by atoms with Crippen molar-refractivity contribution in [3.63, 3.8) is 0 Å². The standard InChI is InChI=1S/C21H23NO5S/c1-26-21(23)15-8-6-14(7-9-15)13-22-28(24,25)16-10-11-20-18(12-16)17-4-2-3-5-19(17)27-20/h2-5,10-12,14-15,22H,6-9,13H2,1H3. The third-order valence-electron chi connectivity index (χ3n) is 5.60. The van der Waals surface area contributed by atoms with Crippen molar-refractivity contribution in [2.75, 3.05) is 13.7 Å². The van der Waals surface area contributed by atoms with Crippen LogP contribution >= 0.6 is 0 Å². The molecule has 0 aliphatic heterocycles. The predicted molar refractivity (Wildman–Crippen MR) is 106 cm³/mol. The summed E-state index contributed by atoms with van der Waals surface area (Å²) in [6.07, 6.45) is 3.11. The number of benzene rings is 2. The second kappa shape index (κ2) is 7.56. The Morgan fingerprint density at radius 2 is 1.79 bits per heavy atom. The molecule has 2 aromatic carbocycles. The van der Waals surface area contributed by atoms with E-state index in [0.29, 0.717) is 12.1 Å². The number of nitrogens with one attached hydrogen (secondary N) is 1. The lowest BCUT2D eigenvalue weighted by Crippen LogP contribution is -2.32. The van der Waals surface area contributed by atoms with Gasteiger partial charge in [0.1, 0.15) is 11.2 Å². The van der Waals surface area contributed by atoms with Crippen molar-refractivity contribution in [1.29, 1.82) is 0 Å². The van der Waals surface area contributed by atoms with E-state index >= 15 is 0 Å². The fraction of sp³-hybridized carbons (Fsp3) is 0.381. The van der Waals surface area contributed by atoms with E-state index in [-0.39, 0.29) is 22.7 Å². The molecule has 28 heavy (non-hydrogen) atoms. The maximum atomic E-state index is 12.8. The van der Waals surface area contributed by atoms with E-state index in [1.165, 1.54) is 7.11 Å². The van der Waals surface area contributed by atoms with E-state index in [9.17, 15) is 13.2 Å². The summed E-state index contributed by atoms with van der Waals surface area (Å²) in [5.74, 6) is 0.00322. The van der Waals surface area contributed by atoms with Crippen molar-refractivity contribution in [3.05, 3.63) is 42.5 Å². The predicted octanol–water partition coefficient (Wildman–Crippen LogP) is 3.84. The van der Waals surface area contributed by atoms with Gasteiger partial charge in [-0.05, 0) is 55.9 Å². The average molecular weight is 401 g/mol. The smallest absolute Gasteiger partial charge is 0.308 e. The molecule has 0 unspecified atom stereocenters. The average Bonchev–Trinajstić information content (AvgIpc) is 3.10. The van der Waals surface area contributed by atoms with Crippen molar-refractivity contribution in [2.45, 2.75) is 30.6 Å². The van der Waals surface area contributed by atoms with Crippen molar-refractivity contribution >= 4 is 37.9 Å². The van der Waals surface area contributed by atoms with E-state index in [2.05, 4.69) is 4.72 Å². The van der Waals surface area contributed by atoms with Gasteiger partial charge in [0, 0.05) is 17.3 Å². The maximum absolute atomic E-state index is 12.8. The highest BCUT2D eigenvalue weighted by atomic mass is 32.2. The molecule has 1 heterocycles. The number of carbonyl (C=O) groups is 1. The van der Waals surface area contributed by atoms with E-state index in [0.717, 1.165) is 42.0 Å². The monoisotopic (exact) mass is 401 g/mol. The number of hydrogen-bond acceptors (Lipinski definition) is 5. The number of rotatable bonds is 5. The number of carbonyl (C=O) groups excluding carboxylic acids is 1. The summed E-state index contributed by atoms with van der Waals surface area (Å²) in [5.41, 5.74) is 1.41. The summed E-state index contributed by atoms with van der Waals surface area (Å²) in [4.78, 5) is 11.8. The van der Waals surface area contributed by atoms with Crippen LogP contribution in [0.4, 0.5) is 0 Å². The Balaban J connectivity index is 1.47. The molecule has 0 atom stereocenters. The molecule has 1 N–H and O–H groups in total. The lowest BCUT2D eigenvalue weighted by Gasteiger charge is -2.26. The van der Waals surface area contributed by atoms with Crippen LogP contribution in [0.15, 0.2) is 51.8 Å². The van der Waals surface area contributed by atoms with Crippen LogP contribution in [0, 0.1) is 11.8 Å². The summed E-state index contributed by atoms with van der Waals surface area (Å²) in [6.45, 7) is 0.375. The highest BCUT2D eigenvalue weighted by Gasteiger charge is 2.28. The van der Waals surface area contributed by atoms with Crippen LogP contribution in [0.2, 0.25) is 0 Å². The van der Waals surface area contributed by atoms with Gasteiger partial charge in [0.15, 0.2) is 0 Å². The molecule has 1 aliphatic rings. The van der Waals surface area contributed by atoms with Gasteiger partial charge in [0.25, 0.3) is 0 Å². The van der Waals surface area contributed by atoms with Crippen LogP contribution in [0.1, 0.15) is 25.7 Å². The zero-order valence-electron chi connectivity index (χ0n) is 15.7. The minimum absolute atomic E-state index is 0.0605. The molecule has 0 radical (unpaired) electrons. The molecule has 6 nitrogen and oxygen atoms in total. The van der Waals surface area contributed by atoms with Gasteiger partial charge in [-0.25, -0.2) is 13.1 Å². The summed E-state index contributed by atoms with van der Waals surface area (Å²) in [5, 5.41) is 1.69. The molecule has 0 spiro atoms. The fourth-order valence-electron chi connectivity index (χ4n) is 3.95. The Kier molecular flexibility index (Phi) is 5.12. The Labute approximate surface area is 163 Å². The summed E-state index contributed by atoms with van der Waals surface area (Å²) in [7, 11) is -2.21. The second-order valence-corrected chi connectivity index (χ2v) is 9.12. The first-order valence-corrected chi connectivity index (χ1v) is 10.9. The number of ether oxygens (including phenoxy) is 1. The second-order valence-electron chi connectivity index (χ2n) is 7.35. The normalized spacial score (nSPS) is 20.5. The highest BCUT2D eigenvalue weighted by Crippen LogP contribution is 2.31. The highest BCUT2D eigenvalue weighted by molar-refractivity contribution is 7.89. The van der Waals surface area contributed by atoms with Gasteiger partial charge in [-0.1, -0.05) is 18.2 Å². The first-order valence-electron chi connectivity index (χ1n) is 9.47. The van der Waals surface area contributed by atoms with E-state index in [1.54, 1.807) is 18.2 Å². The summed E-state index contributed by atoms with van der Waals surface area (Å²) in [6, 6.07) is 12.5. The van der Waals surface area contributed by atoms with Crippen molar-refractivity contribution in [2.24, 2.45) is 11.8 Å². The lowest BCUT2D eigenvalue weighted by molar-refractivity contribution is -0.146. The van der Waals surface area contributed by atoms with E-state index in [1.807, 2.05) is 24.3 Å². The minimum Gasteiger partial charge on any atom is -0.469 e. The van der Waals surface area contributed by atoms with Crippen LogP contribution in [0.5, 0.6) is 0 Å². The Bertz CT molecular complexity index is 1110. The Hall–Kier alpha value is -2.38. The topological polar surface area (TPSA) is 85.6 Å². The van der Waals surface area contributed by atoms with E-state index in [4.69, 9.17) is 9.15 Å². The number of para-hydroxylation sites is 1. The number of methoxy groups -OCH3 is 1. The van der Waals surface area contributed by atoms with Crippen LogP contribution in [0.25, 0.3) is 21.9 Å². The van der Waals surface area contributed by atoms with Gasteiger partial charge < -0.3 is 9.15 Å². The molecular formula is C21H23NO5S. The molecule has 0 bridgehead atoms. The maximum Gasteiger partial charge on any atom is 0.308 e. The number of furan rings is 1. The van der Waals surface area contributed by atoms with E-state index < -0.39 is 10.0 Å². The summed E-state index contributed by atoms with van der Waals surface area (Å²) < 4.78 is 38.9. The zero-order chi connectivity index (χ0) is 19.7. The molecule has 0 saturated heterocycles. The van der Waals surface area contributed by atoms with Gasteiger partial charge in [-0.15, -0.1) is 0 Å². The third-order valence-corrected chi connectivity index (χ3v) is 7.02.